The van der Waals surface area contributed by atoms with Gasteiger partial charge in [0, 0.05) is 16.3 Å². The van der Waals surface area contributed by atoms with Gasteiger partial charge in [0.25, 0.3) is 0 Å². The van der Waals surface area contributed by atoms with Gasteiger partial charge >= 0.3 is 0 Å². The van der Waals surface area contributed by atoms with Crippen molar-refractivity contribution in [1.29, 1.82) is 0 Å². The van der Waals surface area contributed by atoms with Crippen LogP contribution >= 0.6 is 11.8 Å². The van der Waals surface area contributed by atoms with Crippen LogP contribution in [0.15, 0.2) is 88.7 Å². The van der Waals surface area contributed by atoms with Crippen molar-refractivity contribution in [3.8, 4) is 5.75 Å². The van der Waals surface area contributed by atoms with Crippen molar-refractivity contribution >= 4 is 29.0 Å². The van der Waals surface area contributed by atoms with Gasteiger partial charge in [-0.25, -0.2) is 0 Å². The van der Waals surface area contributed by atoms with E-state index in [4.69, 9.17) is 4.74 Å². The first kappa shape index (κ1) is 22.0. The Balaban J connectivity index is 1.26. The average Bonchev–Trinajstić information content (AvgIpc) is 3.03. The molecule has 6 heteroatoms. The van der Waals surface area contributed by atoms with Crippen molar-refractivity contribution in [3.05, 3.63) is 78.9 Å². The zero-order chi connectivity index (χ0) is 22.7. The Morgan fingerprint density at radius 3 is 2.21 bits per heavy atom. The van der Waals surface area contributed by atoms with Gasteiger partial charge in [-0.2, -0.15) is 0 Å². The van der Waals surface area contributed by atoms with Gasteiger partial charge in [-0.3, -0.25) is 14.6 Å². The van der Waals surface area contributed by atoms with Crippen LogP contribution in [0.25, 0.3) is 0 Å². The van der Waals surface area contributed by atoms with Crippen LogP contribution in [0.1, 0.15) is 19.3 Å². The molecule has 0 spiro atoms. The van der Waals surface area contributed by atoms with Crippen LogP contribution in [0.3, 0.4) is 0 Å². The molecule has 0 saturated carbocycles. The molecule has 3 aromatic rings. The van der Waals surface area contributed by atoms with Gasteiger partial charge in [0.15, 0.2) is 0 Å². The van der Waals surface area contributed by atoms with E-state index in [2.05, 4.69) is 17.0 Å². The first-order valence-corrected chi connectivity index (χ1v) is 12.2. The smallest absolute Gasteiger partial charge is 0.245 e. The molecule has 0 aliphatic carbocycles. The summed E-state index contributed by atoms with van der Waals surface area (Å²) >= 11 is 1.70. The van der Waals surface area contributed by atoms with E-state index in [1.165, 1.54) is 0 Å². The summed E-state index contributed by atoms with van der Waals surface area (Å²) in [7, 11) is 0. The van der Waals surface area contributed by atoms with E-state index >= 15 is 0 Å². The second-order valence-electron chi connectivity index (χ2n) is 8.72. The van der Waals surface area contributed by atoms with Crippen molar-refractivity contribution in [2.75, 3.05) is 31.1 Å². The van der Waals surface area contributed by atoms with Crippen LogP contribution in [0.5, 0.6) is 5.75 Å². The Labute approximate surface area is 199 Å². The lowest BCUT2D eigenvalue weighted by Gasteiger charge is -2.32. The lowest BCUT2D eigenvalue weighted by molar-refractivity contribution is -0.119. The third kappa shape index (κ3) is 4.93. The standard InChI is InChI=1S/C27H28N2O3S/c30-26(29-22-11-4-6-13-24(22)33-25-14-7-5-12-23(25)29)19-28-17-8-15-27(31,16-18-28)20-32-21-9-2-1-3-10-21/h1-7,9-14,31H,8,15-20H2. The molecule has 0 aromatic heterocycles. The predicted molar refractivity (Wildman–Crippen MR) is 131 cm³/mol. The fraction of sp³-hybridized carbons (Fsp3) is 0.296. The Kier molecular flexibility index (Phi) is 6.40. The molecular weight excluding hydrogens is 432 g/mol. The summed E-state index contributed by atoms with van der Waals surface area (Å²) in [4.78, 5) is 19.8. The largest absolute Gasteiger partial charge is 0.491 e. The van der Waals surface area contributed by atoms with E-state index in [0.717, 1.165) is 39.9 Å². The highest BCUT2D eigenvalue weighted by atomic mass is 32.2. The van der Waals surface area contributed by atoms with Gasteiger partial charge in [-0.05, 0) is 62.2 Å². The van der Waals surface area contributed by atoms with E-state index in [0.29, 0.717) is 25.9 Å². The van der Waals surface area contributed by atoms with Crippen molar-refractivity contribution in [2.45, 2.75) is 34.7 Å². The van der Waals surface area contributed by atoms with Crippen LogP contribution in [-0.2, 0) is 4.79 Å². The molecule has 1 N–H and O–H groups in total. The summed E-state index contributed by atoms with van der Waals surface area (Å²) in [5, 5.41) is 11.1. The molecule has 5 nitrogen and oxygen atoms in total. The molecular formula is C27H28N2O3S. The molecule has 2 aliphatic rings. The molecule has 1 unspecified atom stereocenters. The zero-order valence-corrected chi connectivity index (χ0v) is 19.3. The monoisotopic (exact) mass is 460 g/mol. The first-order valence-electron chi connectivity index (χ1n) is 11.4. The van der Waals surface area contributed by atoms with Crippen LogP contribution < -0.4 is 9.64 Å². The number of nitrogens with zero attached hydrogens (tertiary/aromatic N) is 2. The molecule has 2 heterocycles. The molecule has 170 valence electrons. The number of aliphatic hydroxyl groups is 1. The number of benzene rings is 3. The number of anilines is 2. The van der Waals surface area contributed by atoms with Gasteiger partial charge in [-0.15, -0.1) is 0 Å². The molecule has 5 rings (SSSR count). The number of likely N-dealkylation sites (tertiary alicyclic amines) is 1. The van der Waals surface area contributed by atoms with Crippen molar-refractivity contribution in [2.24, 2.45) is 0 Å². The highest BCUT2D eigenvalue weighted by molar-refractivity contribution is 7.99. The Morgan fingerprint density at radius 2 is 1.52 bits per heavy atom. The summed E-state index contributed by atoms with van der Waals surface area (Å²) in [5.74, 6) is 0.823. The molecule has 33 heavy (non-hydrogen) atoms. The lowest BCUT2D eigenvalue weighted by Crippen LogP contribution is -2.41. The molecule has 0 radical (unpaired) electrons. The number of carbonyl (C=O) groups is 1. The zero-order valence-electron chi connectivity index (χ0n) is 18.5. The topological polar surface area (TPSA) is 53.0 Å². The number of hydrogen-bond acceptors (Lipinski definition) is 5. The maximum atomic E-state index is 13.6. The Hall–Kier alpha value is -2.80. The first-order chi connectivity index (χ1) is 16.1. The third-order valence-corrected chi connectivity index (χ3v) is 7.43. The van der Waals surface area contributed by atoms with Crippen LogP contribution in [-0.4, -0.2) is 47.8 Å². The summed E-state index contributed by atoms with van der Waals surface area (Å²) in [6.07, 6.45) is 2.07. The summed E-state index contributed by atoms with van der Waals surface area (Å²) in [5.41, 5.74) is 0.997. The molecule has 1 saturated heterocycles. The maximum Gasteiger partial charge on any atom is 0.245 e. The van der Waals surface area contributed by atoms with E-state index < -0.39 is 5.60 Å². The summed E-state index contributed by atoms with van der Waals surface area (Å²) in [6, 6.07) is 25.7. The van der Waals surface area contributed by atoms with Gasteiger partial charge in [0.05, 0.1) is 23.5 Å². The normalized spacial score (nSPS) is 20.5. The highest BCUT2D eigenvalue weighted by Crippen LogP contribution is 2.47. The highest BCUT2D eigenvalue weighted by Gasteiger charge is 2.33. The van der Waals surface area contributed by atoms with Crippen LogP contribution in [0.4, 0.5) is 11.4 Å². The van der Waals surface area contributed by atoms with Gasteiger partial charge in [-0.1, -0.05) is 54.2 Å². The van der Waals surface area contributed by atoms with Crippen LogP contribution in [0, 0.1) is 0 Å². The SMILES string of the molecule is O=C(CN1CCCC(O)(COc2ccccc2)CC1)N1c2ccccc2Sc2ccccc21. The molecule has 2 aliphatic heterocycles. The van der Waals surface area contributed by atoms with E-state index in [1.54, 1.807) is 11.8 Å². The van der Waals surface area contributed by atoms with E-state index in [1.807, 2.05) is 71.6 Å². The lowest BCUT2D eigenvalue weighted by atomic mass is 9.96. The number of para-hydroxylation sites is 3. The fourth-order valence-corrected chi connectivity index (χ4v) is 5.56. The number of rotatable bonds is 5. The second kappa shape index (κ2) is 9.59. The molecule has 1 atom stereocenters. The molecule has 1 fully saturated rings. The molecule has 3 aromatic carbocycles. The minimum atomic E-state index is -0.880. The van der Waals surface area contributed by atoms with Gasteiger partial charge < -0.3 is 9.84 Å². The second-order valence-corrected chi connectivity index (χ2v) is 9.81. The maximum absolute atomic E-state index is 13.6. The van der Waals surface area contributed by atoms with Gasteiger partial charge in [0.1, 0.15) is 12.4 Å². The summed E-state index contributed by atoms with van der Waals surface area (Å²) in [6.45, 7) is 2.03. The fourth-order valence-electron chi connectivity index (χ4n) is 4.51. The van der Waals surface area contributed by atoms with E-state index in [-0.39, 0.29) is 12.5 Å². The van der Waals surface area contributed by atoms with Crippen molar-refractivity contribution < 1.29 is 14.6 Å². The molecule has 0 bridgehead atoms. The number of fused-ring (bicyclic) bond motifs is 2. The van der Waals surface area contributed by atoms with Gasteiger partial charge in [0.2, 0.25) is 5.91 Å². The Bertz CT molecular complexity index is 1080. The number of hydrogen-bond donors (Lipinski definition) is 1. The Morgan fingerprint density at radius 1 is 0.879 bits per heavy atom. The van der Waals surface area contributed by atoms with E-state index in [9.17, 15) is 9.90 Å². The predicted octanol–water partition coefficient (Wildman–Crippen LogP) is 5.11. The van der Waals surface area contributed by atoms with Crippen molar-refractivity contribution in [3.63, 3.8) is 0 Å². The van der Waals surface area contributed by atoms with Crippen LogP contribution in [0.2, 0.25) is 0 Å². The summed E-state index contributed by atoms with van der Waals surface area (Å²) < 4.78 is 5.85. The number of ether oxygens (including phenoxy) is 1. The third-order valence-electron chi connectivity index (χ3n) is 6.30. The minimum Gasteiger partial charge on any atom is -0.491 e. The molecule has 1 amide bonds. The number of carbonyl (C=O) groups excluding carboxylic acids is 1. The van der Waals surface area contributed by atoms with Crippen molar-refractivity contribution in [1.82, 2.24) is 4.90 Å². The number of amides is 1. The minimum absolute atomic E-state index is 0.0566. The average molecular weight is 461 g/mol. The quantitative estimate of drug-likeness (QED) is 0.573.